The summed E-state index contributed by atoms with van der Waals surface area (Å²) in [5.41, 5.74) is 3.69. The average molecular weight is 1240 g/mol. The van der Waals surface area contributed by atoms with Gasteiger partial charge in [0.2, 0.25) is 21.1 Å². The summed E-state index contributed by atoms with van der Waals surface area (Å²) in [5, 5.41) is 0.249. The lowest BCUT2D eigenvalue weighted by atomic mass is 9.90. The van der Waals surface area contributed by atoms with Crippen molar-refractivity contribution in [2.45, 2.75) is 49.3 Å². The Bertz CT molecular complexity index is 4280. The van der Waals surface area contributed by atoms with Crippen LogP contribution in [0.25, 0.3) is 38.5 Å². The van der Waals surface area contributed by atoms with Gasteiger partial charge in [0.25, 0.3) is 43.8 Å². The predicted molar refractivity (Wildman–Crippen MR) is 309 cm³/mol. The number of aromatic nitrogens is 2. The first-order chi connectivity index (χ1) is 40.5. The van der Waals surface area contributed by atoms with Crippen molar-refractivity contribution in [2.75, 3.05) is 45.1 Å². The number of hydrogen-bond acceptors (Lipinski definition) is 14. The minimum atomic E-state index is -5.00. The first-order valence-corrected chi connectivity index (χ1v) is 32.3. The summed E-state index contributed by atoms with van der Waals surface area (Å²) in [7, 11) is -13.5. The number of benzene rings is 4. The molecule has 3 aromatic heterocycles. The van der Waals surface area contributed by atoms with Gasteiger partial charge < -0.3 is 32.1 Å². The number of sulfonamides is 2. The van der Waals surface area contributed by atoms with Crippen molar-refractivity contribution in [3.05, 3.63) is 167 Å². The van der Waals surface area contributed by atoms with Gasteiger partial charge in [-0.1, -0.05) is 48.0 Å². The maximum Gasteiger partial charge on any atom is 0.737 e. The van der Waals surface area contributed by atoms with Gasteiger partial charge >= 0.3 is 12.9 Å². The fraction of sp³-hybridized carbons (Fsp3) is 0.246. The first kappa shape index (κ1) is 58.5. The van der Waals surface area contributed by atoms with Crippen molar-refractivity contribution in [3.8, 4) is 16.3 Å². The summed E-state index contributed by atoms with van der Waals surface area (Å²) < 4.78 is 134. The lowest BCUT2D eigenvalue weighted by Gasteiger charge is -2.34. The highest BCUT2D eigenvalue weighted by molar-refractivity contribution is 7.89. The minimum absolute atomic E-state index is 0.0191. The van der Waals surface area contributed by atoms with E-state index in [0.29, 0.717) is 60.2 Å². The van der Waals surface area contributed by atoms with E-state index in [-0.39, 0.29) is 79.4 Å². The molecule has 440 valence electrons. The molecule has 28 heteroatoms. The molecule has 0 spiro atoms. The van der Waals surface area contributed by atoms with Gasteiger partial charge in [-0.15, -0.1) is 16.4 Å². The molecule has 2 saturated heterocycles. The number of nitrogens with zero attached hydrogens (tertiary/aromatic N) is 7. The second-order valence-electron chi connectivity index (χ2n) is 20.6. The van der Waals surface area contributed by atoms with Crippen molar-refractivity contribution < 1.29 is 81.0 Å². The van der Waals surface area contributed by atoms with Crippen LogP contribution in [0.2, 0.25) is 0 Å². The number of aryl methyl sites for hydroxylation is 2. The highest BCUT2D eigenvalue weighted by atomic mass is 32.2. The van der Waals surface area contributed by atoms with Crippen LogP contribution in [-0.4, -0.2) is 150 Å². The number of allylic oxidation sites excluding steroid dienone is 2. The van der Waals surface area contributed by atoms with Gasteiger partial charge in [-0.05, 0) is 85.5 Å². The molecule has 21 nitrogen and oxygen atoms in total. The number of amides is 4. The van der Waals surface area contributed by atoms with E-state index in [1.54, 1.807) is 122 Å². The molecule has 4 aromatic carbocycles. The molecule has 1 atom stereocenters. The molecule has 4 aliphatic heterocycles. The Hall–Kier alpha value is -8.28. The van der Waals surface area contributed by atoms with Crippen LogP contribution in [0.15, 0.2) is 149 Å². The first-order valence-electron chi connectivity index (χ1n) is 26.9. The zero-order valence-electron chi connectivity index (χ0n) is 45.3. The van der Waals surface area contributed by atoms with Crippen LogP contribution in [-0.2, 0) is 60.7 Å². The van der Waals surface area contributed by atoms with Crippen molar-refractivity contribution in [3.63, 3.8) is 0 Å². The largest absolute Gasteiger partial charge is 0.737 e. The van der Waals surface area contributed by atoms with Crippen LogP contribution < -0.4 is 9.30 Å². The summed E-state index contributed by atoms with van der Waals surface area (Å²) in [6.45, 7) is -3.07. The molecule has 4 amide bonds. The second-order valence-corrected chi connectivity index (χ2v) is 27.1. The van der Waals surface area contributed by atoms with E-state index in [2.05, 4.69) is 0 Å². The maximum atomic E-state index is 16.5. The third kappa shape index (κ3) is 11.3. The molecule has 0 saturated carbocycles. The Kier molecular flexibility index (Phi) is 15.8. The number of rotatable bonds is 19. The molecule has 4 aliphatic rings. The molecular formula is C57H53BF2N7O14S4+. The Morgan fingerprint density at radius 3 is 2.11 bits per heavy atom. The van der Waals surface area contributed by atoms with E-state index in [9.17, 15) is 49.0 Å². The second kappa shape index (κ2) is 23.0. The fourth-order valence-corrected chi connectivity index (χ4v) is 15.3. The van der Waals surface area contributed by atoms with Gasteiger partial charge in [-0.3, -0.25) is 23.7 Å². The minimum Gasteiger partial charge on any atom is -0.484 e. The van der Waals surface area contributed by atoms with Crippen LogP contribution in [0.3, 0.4) is 0 Å². The van der Waals surface area contributed by atoms with E-state index in [4.69, 9.17) is 9.57 Å². The zero-order chi connectivity index (χ0) is 60.2. The van der Waals surface area contributed by atoms with Gasteiger partial charge in [-0.2, -0.15) is 17.3 Å². The topological polar surface area (TPSA) is 251 Å². The number of pyridine rings is 1. The quantitative estimate of drug-likeness (QED) is 0.0331. The summed E-state index contributed by atoms with van der Waals surface area (Å²) in [5.74, 6) is -5.20. The van der Waals surface area contributed by atoms with Gasteiger partial charge in [0, 0.05) is 97.8 Å². The number of halogens is 2. The van der Waals surface area contributed by atoms with E-state index in [0.717, 1.165) is 19.4 Å². The molecule has 2 fully saturated rings. The van der Waals surface area contributed by atoms with Crippen molar-refractivity contribution in [1.82, 2.24) is 23.1 Å². The number of hydroxylamine groups is 2. The third-order valence-corrected chi connectivity index (χ3v) is 20.9. The summed E-state index contributed by atoms with van der Waals surface area (Å²) in [6.07, 6.45) is 3.14. The van der Waals surface area contributed by atoms with Gasteiger partial charge in [0.15, 0.2) is 29.8 Å². The van der Waals surface area contributed by atoms with Crippen LogP contribution >= 0.6 is 11.3 Å². The average Bonchev–Trinajstić information content (AvgIpc) is 2.09. The lowest BCUT2D eigenvalue weighted by Crippen LogP contribution is -2.52. The molecule has 0 bridgehead atoms. The monoisotopic (exact) mass is 1240 g/mol. The Morgan fingerprint density at radius 1 is 0.800 bits per heavy atom. The number of piperazine rings is 1. The Morgan fingerprint density at radius 2 is 1.47 bits per heavy atom. The Balaban J connectivity index is 0.731. The molecule has 1 unspecified atom stereocenters. The van der Waals surface area contributed by atoms with Gasteiger partial charge in [0.1, 0.15) is 5.75 Å². The molecule has 85 heavy (non-hydrogen) atoms. The molecule has 0 radical (unpaired) electrons. The van der Waals surface area contributed by atoms with Gasteiger partial charge in [0.05, 0.1) is 33.4 Å². The molecule has 11 rings (SSSR count). The summed E-state index contributed by atoms with van der Waals surface area (Å²) in [4.78, 5) is 73.1. The highest BCUT2D eigenvalue weighted by Crippen LogP contribution is 2.38. The maximum absolute atomic E-state index is 16.5. The molecule has 7 aromatic rings. The van der Waals surface area contributed by atoms with E-state index in [1.807, 2.05) is 22.1 Å². The smallest absolute Gasteiger partial charge is 0.484 e. The number of carbonyl (C=O) groups is 5. The number of fused-ring (bicyclic) bond motifs is 4. The van der Waals surface area contributed by atoms with Crippen LogP contribution in [0.4, 0.5) is 8.63 Å². The van der Waals surface area contributed by atoms with Crippen molar-refractivity contribution in [1.29, 1.82) is 0 Å². The number of hydrogen-bond donors (Lipinski definition) is 1. The molecule has 7 heterocycles. The SMILES string of the molecule is Cc1ccc(S(=O)(=O)N(CCCC(=O)ON2C(=O)CC(S(=O)(=O)O)C2=O)C(=O)c2c3ccccc3[n+](CCCS(=O)(=O)N3CCN(C(=O)COc4ccc(C5=[N+]6C(=Cc7ccc(-c8cccs8)n7[B-]6(F)F)C=C5)cc4)CC3)c3ccccc23)cc1. The van der Waals surface area contributed by atoms with Crippen LogP contribution in [0.1, 0.15) is 52.9 Å². The van der Waals surface area contributed by atoms with E-state index >= 15 is 13.4 Å². The van der Waals surface area contributed by atoms with E-state index in [1.165, 1.54) is 32.7 Å². The summed E-state index contributed by atoms with van der Waals surface area (Å²) >= 11 is 1.38. The van der Waals surface area contributed by atoms with Gasteiger partial charge in [-0.25, -0.2) is 25.9 Å². The molecule has 1 N–H and O–H groups in total. The molecule has 0 aliphatic carbocycles. The third-order valence-electron chi connectivity index (χ3n) is 15.2. The van der Waals surface area contributed by atoms with Crippen molar-refractivity contribution in [2.24, 2.45) is 0 Å². The normalized spacial score (nSPS) is 17.1. The zero-order valence-corrected chi connectivity index (χ0v) is 48.5. The van der Waals surface area contributed by atoms with E-state index < -0.39 is 85.5 Å². The van der Waals surface area contributed by atoms with Crippen LogP contribution in [0.5, 0.6) is 5.75 Å². The standard InChI is InChI=1S/C57H52BF2N7O14S4/c1-38-15-23-43(24-16-38)84(75,76)64(28-6-14-54(70)81-67-52(68)36-51(56(67)71)85(77,78)79)57(72)55-44-9-2-4-11-47(44)63(48-12-5-3-10-45(48)55)27-8-34-83(73,74)62-31-29-61(30-32-62)53(69)37-80-42-21-17-39(18-22-42)46-25-19-40-35-41-20-26-49(50-13-7-33-82-50)66(41)58(59,60)65(40)46/h2-5,7,9-13,15-26,33,35,51H,6,8,14,27-32,34,36-37H2,1H3/p+1. The Labute approximate surface area is 490 Å². The number of thiophene rings is 1. The van der Waals surface area contributed by atoms with Crippen molar-refractivity contribution >= 4 is 112 Å². The molecular weight excluding hydrogens is 1180 g/mol. The van der Waals surface area contributed by atoms with Crippen LogP contribution in [0, 0.1) is 6.92 Å². The lowest BCUT2D eigenvalue weighted by molar-refractivity contribution is -0.645. The number of imide groups is 1. The number of ether oxygens (including phenoxy) is 1. The predicted octanol–water partition coefficient (Wildman–Crippen LogP) is 5.80. The highest BCUT2D eigenvalue weighted by Gasteiger charge is 2.53. The number of para-hydroxylation sites is 2. The summed E-state index contributed by atoms with van der Waals surface area (Å²) in [6, 6.07) is 32.7. The number of carbonyl (C=O) groups excluding carboxylic acids is 5. The fourth-order valence-electron chi connectivity index (χ4n) is 11.0.